The minimum Gasteiger partial charge on any atom is -0.265 e. The lowest BCUT2D eigenvalue weighted by molar-refractivity contribution is -0.487. The highest BCUT2D eigenvalue weighted by Gasteiger charge is 2.07. The van der Waals surface area contributed by atoms with Gasteiger partial charge in [-0.1, -0.05) is 29.5 Å². The fourth-order valence-corrected chi connectivity index (χ4v) is 1.21. The first kappa shape index (κ1) is 10.1. The molecule has 1 unspecified atom stereocenters. The first-order valence-corrected chi connectivity index (χ1v) is 4.87. The number of halogens is 1. The molecule has 0 aromatic rings. The molecule has 0 spiro atoms. The van der Waals surface area contributed by atoms with Gasteiger partial charge in [0.05, 0.1) is 0 Å². The van der Waals surface area contributed by atoms with Gasteiger partial charge >= 0.3 is 0 Å². The van der Waals surface area contributed by atoms with Crippen LogP contribution in [0.2, 0.25) is 0 Å². The average molecular weight is 257 g/mol. The Labute approximate surface area is 74.5 Å². The van der Waals surface area contributed by atoms with Crippen molar-refractivity contribution in [1.82, 2.24) is 0 Å². The molecule has 4 heteroatoms. The normalized spacial score (nSPS) is 13.0. The third-order valence-corrected chi connectivity index (χ3v) is 2.05. The Balaban J connectivity index is 3.25. The van der Waals surface area contributed by atoms with Crippen LogP contribution in [0.3, 0.4) is 0 Å². The van der Waals surface area contributed by atoms with Crippen LogP contribution in [-0.2, 0) is 0 Å². The minimum absolute atomic E-state index is 0.122. The molecule has 0 aliphatic heterocycles. The van der Waals surface area contributed by atoms with E-state index in [1.54, 1.807) is 0 Å². The van der Waals surface area contributed by atoms with E-state index < -0.39 is 0 Å². The zero-order valence-corrected chi connectivity index (χ0v) is 8.20. The van der Waals surface area contributed by atoms with E-state index in [0.29, 0.717) is 0 Å². The van der Waals surface area contributed by atoms with Gasteiger partial charge in [0.25, 0.3) is 0 Å². The fourth-order valence-electron chi connectivity index (χ4n) is 0.771. The first-order chi connectivity index (χ1) is 4.66. The Morgan fingerprint density at radius 1 is 1.70 bits per heavy atom. The van der Waals surface area contributed by atoms with E-state index in [0.717, 1.165) is 17.3 Å². The third kappa shape index (κ3) is 6.25. The smallest absolute Gasteiger partial charge is 0.206 e. The maximum atomic E-state index is 9.98. The molecule has 0 rings (SSSR count). The highest BCUT2D eigenvalue weighted by molar-refractivity contribution is 14.1. The van der Waals surface area contributed by atoms with Crippen molar-refractivity contribution in [1.29, 1.82) is 0 Å². The van der Waals surface area contributed by atoms with E-state index in [2.05, 4.69) is 22.6 Å². The van der Waals surface area contributed by atoms with Crippen LogP contribution in [0.1, 0.15) is 19.8 Å². The summed E-state index contributed by atoms with van der Waals surface area (Å²) >= 11 is 2.28. The molecule has 0 bridgehead atoms. The number of nitrogens with zero attached hydrogens (tertiary/aromatic N) is 1. The maximum Gasteiger partial charge on any atom is 0.206 e. The highest BCUT2D eigenvalue weighted by Crippen LogP contribution is 2.06. The summed E-state index contributed by atoms with van der Waals surface area (Å²) in [4.78, 5) is 9.74. The van der Waals surface area contributed by atoms with E-state index in [-0.39, 0.29) is 17.4 Å². The predicted octanol–water partition coefficient (Wildman–Crippen LogP) is 2.11. The highest BCUT2D eigenvalue weighted by atomic mass is 127. The largest absolute Gasteiger partial charge is 0.265 e. The van der Waals surface area contributed by atoms with Gasteiger partial charge in [0.15, 0.2) is 0 Å². The van der Waals surface area contributed by atoms with Crippen molar-refractivity contribution in [2.75, 3.05) is 11.0 Å². The van der Waals surface area contributed by atoms with E-state index in [1.165, 1.54) is 0 Å². The monoisotopic (exact) mass is 257 g/mol. The first-order valence-electron chi connectivity index (χ1n) is 3.34. The van der Waals surface area contributed by atoms with Crippen LogP contribution in [0.15, 0.2) is 0 Å². The van der Waals surface area contributed by atoms with Gasteiger partial charge in [0.1, 0.15) is 0 Å². The lowest BCUT2D eigenvalue weighted by Gasteiger charge is -2.02. The molecule has 0 saturated carbocycles. The maximum absolute atomic E-state index is 9.98. The summed E-state index contributed by atoms with van der Waals surface area (Å²) in [6.45, 7) is 2.05. The second-order valence-corrected chi connectivity index (χ2v) is 3.53. The molecule has 10 heavy (non-hydrogen) atoms. The van der Waals surface area contributed by atoms with E-state index in [1.807, 2.05) is 6.92 Å². The van der Waals surface area contributed by atoms with Crippen molar-refractivity contribution >= 4 is 22.6 Å². The van der Waals surface area contributed by atoms with Gasteiger partial charge in [0.2, 0.25) is 6.54 Å². The molecule has 60 valence electrons. The lowest BCUT2D eigenvalue weighted by Crippen LogP contribution is -2.10. The molecule has 0 aliphatic carbocycles. The molecular formula is C6H12INO2. The van der Waals surface area contributed by atoms with Crippen LogP contribution in [0.5, 0.6) is 0 Å². The summed E-state index contributed by atoms with van der Waals surface area (Å²) in [6.07, 6.45) is 2.07. The van der Waals surface area contributed by atoms with Crippen LogP contribution < -0.4 is 0 Å². The van der Waals surface area contributed by atoms with Gasteiger partial charge in [-0.05, 0) is 17.3 Å². The topological polar surface area (TPSA) is 43.1 Å². The van der Waals surface area contributed by atoms with Gasteiger partial charge in [-0.2, -0.15) is 0 Å². The number of rotatable bonds is 5. The molecule has 0 amide bonds. The average Bonchev–Trinajstić information content (AvgIpc) is 1.82. The summed E-state index contributed by atoms with van der Waals surface area (Å²) < 4.78 is 1.10. The Morgan fingerprint density at radius 3 is 2.70 bits per heavy atom. The minimum atomic E-state index is -0.238. The van der Waals surface area contributed by atoms with Crippen LogP contribution in [0.25, 0.3) is 0 Å². The molecule has 0 aromatic heterocycles. The standard InChI is InChI=1S/C6H12INO2/c1-6(3-2-4-7)5-8(9)10/h6H,2-5H2,1H3. The van der Waals surface area contributed by atoms with E-state index in [9.17, 15) is 10.1 Å². The quantitative estimate of drug-likeness (QED) is 0.327. The SMILES string of the molecule is CC(CCCI)C[N+](=O)[O-]. The molecular weight excluding hydrogens is 245 g/mol. The van der Waals surface area contributed by atoms with Crippen molar-refractivity contribution in [3.63, 3.8) is 0 Å². The lowest BCUT2D eigenvalue weighted by atomic mass is 10.1. The Bertz CT molecular complexity index is 108. The second kappa shape index (κ2) is 5.88. The second-order valence-electron chi connectivity index (χ2n) is 2.45. The summed E-state index contributed by atoms with van der Waals surface area (Å²) in [7, 11) is 0. The van der Waals surface area contributed by atoms with Gasteiger partial charge in [-0.25, -0.2) is 0 Å². The summed E-state index contributed by atoms with van der Waals surface area (Å²) in [5.74, 6) is 0.241. The third-order valence-electron chi connectivity index (χ3n) is 1.29. The zero-order valence-electron chi connectivity index (χ0n) is 6.05. The van der Waals surface area contributed by atoms with Crippen molar-refractivity contribution in [2.24, 2.45) is 5.92 Å². The summed E-state index contributed by atoms with van der Waals surface area (Å²) in [5.41, 5.74) is 0. The number of hydrogen-bond acceptors (Lipinski definition) is 2. The Morgan fingerprint density at radius 2 is 2.30 bits per heavy atom. The molecule has 0 radical (unpaired) electrons. The molecule has 1 atom stereocenters. The van der Waals surface area contributed by atoms with E-state index in [4.69, 9.17) is 0 Å². The zero-order chi connectivity index (χ0) is 7.98. The summed E-state index contributed by atoms with van der Waals surface area (Å²) in [5, 5.41) is 9.98. The van der Waals surface area contributed by atoms with Crippen LogP contribution in [-0.4, -0.2) is 15.9 Å². The molecule has 0 aromatic carbocycles. The van der Waals surface area contributed by atoms with E-state index >= 15 is 0 Å². The summed E-state index contributed by atoms with van der Waals surface area (Å²) in [6, 6.07) is 0. The van der Waals surface area contributed by atoms with Crippen molar-refractivity contribution in [3.8, 4) is 0 Å². The number of nitro groups is 1. The van der Waals surface area contributed by atoms with Crippen molar-refractivity contribution in [3.05, 3.63) is 10.1 Å². The molecule has 0 N–H and O–H groups in total. The molecule has 0 heterocycles. The van der Waals surface area contributed by atoms with Crippen LogP contribution in [0.4, 0.5) is 0 Å². The van der Waals surface area contributed by atoms with Gasteiger partial charge in [-0.3, -0.25) is 10.1 Å². The van der Waals surface area contributed by atoms with Crippen LogP contribution >= 0.6 is 22.6 Å². The van der Waals surface area contributed by atoms with Gasteiger partial charge < -0.3 is 0 Å². The van der Waals surface area contributed by atoms with Crippen LogP contribution in [0, 0.1) is 16.0 Å². The molecule has 0 saturated heterocycles. The van der Waals surface area contributed by atoms with Gasteiger partial charge in [-0.15, -0.1) is 0 Å². The fraction of sp³-hybridized carbons (Fsp3) is 1.00. The molecule has 3 nitrogen and oxygen atoms in total. The van der Waals surface area contributed by atoms with Crippen molar-refractivity contribution in [2.45, 2.75) is 19.8 Å². The van der Waals surface area contributed by atoms with Gasteiger partial charge in [0, 0.05) is 10.8 Å². The Kier molecular flexibility index (Phi) is 5.96. The van der Waals surface area contributed by atoms with Crippen molar-refractivity contribution < 1.29 is 4.92 Å². The number of hydrogen-bond donors (Lipinski definition) is 0. The number of alkyl halides is 1. The molecule has 0 aliphatic rings. The molecule has 0 fully saturated rings. The predicted molar refractivity (Wildman–Crippen MR) is 49.1 cm³/mol. The Hall–Kier alpha value is 0.130.